The SMILES string of the molecule is c1ccc2c(c1)-c1ccccc1C21c2cccnc2-c2ncccc21. The molecule has 2 aliphatic rings. The van der Waals surface area contributed by atoms with E-state index in [1.807, 2.05) is 24.5 Å². The lowest BCUT2D eigenvalue weighted by atomic mass is 9.71. The van der Waals surface area contributed by atoms with E-state index >= 15 is 0 Å². The van der Waals surface area contributed by atoms with Crippen LogP contribution >= 0.6 is 0 Å². The molecule has 0 unspecified atom stereocenters. The molecule has 4 aromatic rings. The molecule has 0 N–H and O–H groups in total. The molecular formula is C23H14N2. The van der Waals surface area contributed by atoms with Gasteiger partial charge in [-0.25, -0.2) is 0 Å². The maximum absolute atomic E-state index is 4.70. The maximum atomic E-state index is 4.70. The van der Waals surface area contributed by atoms with Crippen LogP contribution in [0, 0.1) is 0 Å². The number of pyridine rings is 2. The van der Waals surface area contributed by atoms with E-state index in [-0.39, 0.29) is 5.41 Å². The lowest BCUT2D eigenvalue weighted by molar-refractivity contribution is 0.789. The second kappa shape index (κ2) is 4.42. The van der Waals surface area contributed by atoms with Crippen molar-refractivity contribution in [1.82, 2.24) is 9.97 Å². The van der Waals surface area contributed by atoms with Crippen LogP contribution in [0.15, 0.2) is 85.2 Å². The summed E-state index contributed by atoms with van der Waals surface area (Å²) in [5, 5.41) is 0. The summed E-state index contributed by atoms with van der Waals surface area (Å²) in [6, 6.07) is 26.0. The number of fused-ring (bicyclic) bond motifs is 10. The van der Waals surface area contributed by atoms with E-state index in [0.717, 1.165) is 11.4 Å². The van der Waals surface area contributed by atoms with Crippen molar-refractivity contribution < 1.29 is 0 Å². The highest BCUT2D eigenvalue weighted by Gasteiger charge is 2.52. The van der Waals surface area contributed by atoms with E-state index in [4.69, 9.17) is 9.97 Å². The summed E-state index contributed by atoms with van der Waals surface area (Å²) in [6.45, 7) is 0. The van der Waals surface area contributed by atoms with E-state index in [9.17, 15) is 0 Å². The van der Waals surface area contributed by atoms with Gasteiger partial charge in [0.2, 0.25) is 0 Å². The van der Waals surface area contributed by atoms with Gasteiger partial charge in [0.1, 0.15) is 0 Å². The predicted molar refractivity (Wildman–Crippen MR) is 98.3 cm³/mol. The third-order valence-corrected chi connectivity index (χ3v) is 5.60. The Balaban J connectivity index is 1.89. The molecular weight excluding hydrogens is 304 g/mol. The summed E-state index contributed by atoms with van der Waals surface area (Å²) >= 11 is 0. The quantitative estimate of drug-likeness (QED) is 0.401. The van der Waals surface area contributed by atoms with Crippen LogP contribution in [0.4, 0.5) is 0 Å². The second-order valence-electron chi connectivity index (χ2n) is 6.64. The largest absolute Gasteiger partial charge is 0.254 e. The Labute approximate surface area is 145 Å². The molecule has 2 nitrogen and oxygen atoms in total. The molecule has 2 aromatic heterocycles. The molecule has 2 heteroatoms. The predicted octanol–water partition coefficient (Wildman–Crippen LogP) is 4.82. The van der Waals surface area contributed by atoms with Gasteiger partial charge < -0.3 is 0 Å². The minimum Gasteiger partial charge on any atom is -0.254 e. The molecule has 0 radical (unpaired) electrons. The van der Waals surface area contributed by atoms with Crippen molar-refractivity contribution in [3.8, 4) is 22.5 Å². The fourth-order valence-electron chi connectivity index (χ4n) is 4.75. The first-order valence-corrected chi connectivity index (χ1v) is 8.53. The van der Waals surface area contributed by atoms with Crippen molar-refractivity contribution in [2.75, 3.05) is 0 Å². The summed E-state index contributed by atoms with van der Waals surface area (Å²) < 4.78 is 0. The Morgan fingerprint density at radius 2 is 0.920 bits per heavy atom. The molecule has 2 heterocycles. The highest BCUT2D eigenvalue weighted by atomic mass is 14.8. The number of nitrogens with zero attached hydrogens (tertiary/aromatic N) is 2. The average molecular weight is 318 g/mol. The first kappa shape index (κ1) is 13.1. The van der Waals surface area contributed by atoms with Crippen LogP contribution in [-0.2, 0) is 5.41 Å². The van der Waals surface area contributed by atoms with Crippen molar-refractivity contribution in [3.63, 3.8) is 0 Å². The Bertz CT molecular complexity index is 972. The smallest absolute Gasteiger partial charge is 0.0937 e. The molecule has 2 aliphatic carbocycles. The summed E-state index contributed by atoms with van der Waals surface area (Å²) in [5.41, 5.74) is 9.46. The molecule has 1 spiro atoms. The van der Waals surface area contributed by atoms with Crippen LogP contribution in [0.2, 0.25) is 0 Å². The molecule has 0 saturated carbocycles. The molecule has 0 saturated heterocycles. The molecule has 0 aliphatic heterocycles. The highest BCUT2D eigenvalue weighted by Crippen LogP contribution is 2.61. The molecule has 0 bridgehead atoms. The molecule has 25 heavy (non-hydrogen) atoms. The molecule has 0 fully saturated rings. The van der Waals surface area contributed by atoms with E-state index in [1.165, 1.54) is 33.4 Å². The van der Waals surface area contributed by atoms with Crippen LogP contribution in [0.5, 0.6) is 0 Å². The average Bonchev–Trinajstić information content (AvgIpc) is 3.16. The van der Waals surface area contributed by atoms with Crippen molar-refractivity contribution >= 4 is 0 Å². The van der Waals surface area contributed by atoms with Crippen molar-refractivity contribution in [2.24, 2.45) is 0 Å². The Hall–Kier alpha value is -3.26. The van der Waals surface area contributed by atoms with Crippen LogP contribution in [0.3, 0.4) is 0 Å². The number of benzene rings is 2. The molecule has 0 atom stereocenters. The van der Waals surface area contributed by atoms with Crippen LogP contribution in [0.1, 0.15) is 22.3 Å². The van der Waals surface area contributed by atoms with Crippen molar-refractivity contribution in [2.45, 2.75) is 5.41 Å². The molecule has 116 valence electrons. The van der Waals surface area contributed by atoms with Crippen LogP contribution < -0.4 is 0 Å². The van der Waals surface area contributed by atoms with E-state index in [2.05, 4.69) is 60.7 Å². The van der Waals surface area contributed by atoms with E-state index in [0.29, 0.717) is 0 Å². The van der Waals surface area contributed by atoms with Crippen molar-refractivity contribution in [3.05, 3.63) is 107 Å². The highest BCUT2D eigenvalue weighted by molar-refractivity contribution is 5.92. The monoisotopic (exact) mass is 318 g/mol. The van der Waals surface area contributed by atoms with Gasteiger partial charge in [0.25, 0.3) is 0 Å². The van der Waals surface area contributed by atoms with Gasteiger partial charge in [0.05, 0.1) is 16.8 Å². The number of hydrogen-bond donors (Lipinski definition) is 0. The molecule has 2 aromatic carbocycles. The second-order valence-corrected chi connectivity index (χ2v) is 6.64. The zero-order valence-electron chi connectivity index (χ0n) is 13.5. The summed E-state index contributed by atoms with van der Waals surface area (Å²) in [6.07, 6.45) is 3.73. The Morgan fingerprint density at radius 1 is 0.480 bits per heavy atom. The first-order valence-electron chi connectivity index (χ1n) is 8.53. The van der Waals surface area contributed by atoms with Gasteiger partial charge in [0, 0.05) is 12.4 Å². The normalized spacial score (nSPS) is 14.7. The number of rotatable bonds is 0. The fourth-order valence-corrected chi connectivity index (χ4v) is 4.75. The van der Waals surface area contributed by atoms with E-state index in [1.54, 1.807) is 0 Å². The van der Waals surface area contributed by atoms with Gasteiger partial charge in [-0.05, 0) is 45.5 Å². The van der Waals surface area contributed by atoms with Gasteiger partial charge >= 0.3 is 0 Å². The van der Waals surface area contributed by atoms with Crippen LogP contribution in [0.25, 0.3) is 22.5 Å². The van der Waals surface area contributed by atoms with Gasteiger partial charge in [-0.2, -0.15) is 0 Å². The lowest BCUT2D eigenvalue weighted by Crippen LogP contribution is -2.25. The van der Waals surface area contributed by atoms with Gasteiger partial charge in [-0.1, -0.05) is 60.7 Å². The summed E-state index contributed by atoms with van der Waals surface area (Å²) in [4.78, 5) is 9.41. The summed E-state index contributed by atoms with van der Waals surface area (Å²) in [5.74, 6) is 0. The number of aromatic nitrogens is 2. The Morgan fingerprint density at radius 3 is 1.44 bits per heavy atom. The van der Waals surface area contributed by atoms with Crippen LogP contribution in [-0.4, -0.2) is 9.97 Å². The van der Waals surface area contributed by atoms with Gasteiger partial charge in [0.15, 0.2) is 0 Å². The minimum absolute atomic E-state index is 0.305. The molecule has 6 rings (SSSR count). The zero-order valence-corrected chi connectivity index (χ0v) is 13.5. The third kappa shape index (κ3) is 1.38. The maximum Gasteiger partial charge on any atom is 0.0937 e. The lowest BCUT2D eigenvalue weighted by Gasteiger charge is -2.29. The third-order valence-electron chi connectivity index (χ3n) is 5.60. The van der Waals surface area contributed by atoms with Gasteiger partial charge in [-0.15, -0.1) is 0 Å². The standard InChI is InChI=1S/C23H14N2/c1-3-9-17-15(7-1)16-8-2-4-10-18(16)23(17)19-11-5-13-24-21(19)22-20(23)12-6-14-25-22/h1-14H. The topological polar surface area (TPSA) is 25.8 Å². The van der Waals surface area contributed by atoms with E-state index < -0.39 is 0 Å². The van der Waals surface area contributed by atoms with Gasteiger partial charge in [-0.3, -0.25) is 9.97 Å². The number of hydrogen-bond acceptors (Lipinski definition) is 2. The minimum atomic E-state index is -0.305. The molecule has 0 amide bonds. The fraction of sp³-hybridized carbons (Fsp3) is 0.0435. The first-order chi connectivity index (χ1) is 12.4. The zero-order chi connectivity index (χ0) is 16.4. The Kier molecular flexibility index (Phi) is 2.31. The van der Waals surface area contributed by atoms with Crippen molar-refractivity contribution in [1.29, 1.82) is 0 Å². The summed E-state index contributed by atoms with van der Waals surface area (Å²) in [7, 11) is 0.